The van der Waals surface area contributed by atoms with E-state index in [0.29, 0.717) is 0 Å². The van der Waals surface area contributed by atoms with Gasteiger partial charge in [0, 0.05) is 46.3 Å². The molecule has 0 radical (unpaired) electrons. The van der Waals surface area contributed by atoms with Crippen LogP contribution in [-0.2, 0) is 0 Å². The van der Waals surface area contributed by atoms with Crippen LogP contribution in [0.25, 0.3) is 88.6 Å². The molecule has 0 fully saturated rings. The second-order valence-electron chi connectivity index (χ2n) is 11.2. The second kappa shape index (κ2) is 10.6. The summed E-state index contributed by atoms with van der Waals surface area (Å²) in [6, 6.07) is 41.4. The number of benzene rings is 3. The molecule has 9 aromatic rings. The Labute approximate surface area is 264 Å². The Morgan fingerprint density at radius 2 is 0.783 bits per heavy atom. The predicted molar refractivity (Wildman–Crippen MR) is 185 cm³/mol. The first kappa shape index (κ1) is 26.0. The molecule has 0 bridgehead atoms. The molecule has 0 saturated carbocycles. The zero-order valence-corrected chi connectivity index (χ0v) is 24.5. The highest BCUT2D eigenvalue weighted by Gasteiger charge is 2.16. The largest absolute Gasteiger partial charge is 0.255 e. The van der Waals surface area contributed by atoms with Crippen LogP contribution < -0.4 is 0 Å². The van der Waals surface area contributed by atoms with Crippen molar-refractivity contribution >= 4 is 43.6 Å². The normalized spacial score (nSPS) is 11.5. The summed E-state index contributed by atoms with van der Waals surface area (Å²) in [6.45, 7) is 0. The van der Waals surface area contributed by atoms with E-state index in [1.807, 2.05) is 60.9 Å². The fourth-order valence-corrected chi connectivity index (χ4v) is 6.25. The van der Waals surface area contributed by atoms with Crippen LogP contribution in [0.5, 0.6) is 0 Å². The molecule has 6 nitrogen and oxygen atoms in total. The summed E-state index contributed by atoms with van der Waals surface area (Å²) in [5.74, 6) is 0. The standard InChI is InChI=1S/C40H24N6/c1-3-19-41-33(9-1)35-23-31(29-17-15-27-7-5-21-43-37(27)39(29)45-35)25-11-13-26(14-12-25)32-24-36(34-10-2-4-20-42-34)46-40-30(32)18-16-28-8-6-22-44-38(28)40/h1-24H. The fourth-order valence-electron chi connectivity index (χ4n) is 6.25. The minimum absolute atomic E-state index is 0.810. The van der Waals surface area contributed by atoms with Crippen LogP contribution in [0.2, 0.25) is 0 Å². The van der Waals surface area contributed by atoms with Gasteiger partial charge in [-0.3, -0.25) is 19.9 Å². The summed E-state index contributed by atoms with van der Waals surface area (Å²) in [7, 11) is 0. The van der Waals surface area contributed by atoms with Crippen molar-refractivity contribution in [1.82, 2.24) is 29.9 Å². The van der Waals surface area contributed by atoms with E-state index in [4.69, 9.17) is 19.9 Å². The van der Waals surface area contributed by atoms with E-state index in [1.54, 1.807) is 12.4 Å². The number of pyridine rings is 6. The highest BCUT2D eigenvalue weighted by atomic mass is 14.8. The van der Waals surface area contributed by atoms with Crippen LogP contribution in [0.1, 0.15) is 0 Å². The molecule has 6 aromatic heterocycles. The minimum Gasteiger partial charge on any atom is -0.255 e. The van der Waals surface area contributed by atoms with Crippen molar-refractivity contribution in [2.75, 3.05) is 0 Å². The number of fused-ring (bicyclic) bond motifs is 6. The molecule has 3 aromatic carbocycles. The summed E-state index contributed by atoms with van der Waals surface area (Å²) in [4.78, 5) is 28.8. The van der Waals surface area contributed by atoms with Crippen molar-refractivity contribution in [3.63, 3.8) is 0 Å². The number of hydrogen-bond donors (Lipinski definition) is 0. The quantitative estimate of drug-likeness (QED) is 0.191. The number of nitrogens with zero attached hydrogens (tertiary/aromatic N) is 6. The molecule has 0 unspecified atom stereocenters. The van der Waals surface area contributed by atoms with Gasteiger partial charge in [-0.2, -0.15) is 0 Å². The van der Waals surface area contributed by atoms with Crippen molar-refractivity contribution in [2.24, 2.45) is 0 Å². The molecule has 0 amide bonds. The molecule has 0 spiro atoms. The lowest BCUT2D eigenvalue weighted by Crippen LogP contribution is -1.94. The maximum absolute atomic E-state index is 5.08. The van der Waals surface area contributed by atoms with Crippen LogP contribution in [0.3, 0.4) is 0 Å². The SMILES string of the molecule is c1ccc(-c2cc(-c3ccc(-c4cc(-c5ccccn5)nc5c4ccc4cccnc45)cc3)c3ccc4cccnc4c3n2)nc1. The molecule has 6 heterocycles. The molecule has 0 aliphatic carbocycles. The van der Waals surface area contributed by atoms with E-state index in [1.165, 1.54) is 0 Å². The average Bonchev–Trinajstić information content (AvgIpc) is 3.14. The molecular weight excluding hydrogens is 564 g/mol. The molecule has 9 rings (SSSR count). The van der Waals surface area contributed by atoms with Crippen molar-refractivity contribution in [3.8, 4) is 45.0 Å². The minimum atomic E-state index is 0.810. The number of hydrogen-bond acceptors (Lipinski definition) is 6. The van der Waals surface area contributed by atoms with Crippen molar-refractivity contribution in [2.45, 2.75) is 0 Å². The van der Waals surface area contributed by atoms with E-state index in [0.717, 1.165) is 88.6 Å². The van der Waals surface area contributed by atoms with Gasteiger partial charge in [-0.1, -0.05) is 72.8 Å². The van der Waals surface area contributed by atoms with E-state index in [9.17, 15) is 0 Å². The third kappa shape index (κ3) is 4.35. The molecule has 0 atom stereocenters. The summed E-state index contributed by atoms with van der Waals surface area (Å²) in [6.07, 6.45) is 7.24. The van der Waals surface area contributed by atoms with Gasteiger partial charge in [-0.15, -0.1) is 0 Å². The van der Waals surface area contributed by atoms with Gasteiger partial charge >= 0.3 is 0 Å². The Bertz CT molecular complexity index is 2390. The Morgan fingerprint density at radius 1 is 0.326 bits per heavy atom. The lowest BCUT2D eigenvalue weighted by atomic mass is 9.94. The van der Waals surface area contributed by atoms with Gasteiger partial charge in [-0.25, -0.2) is 9.97 Å². The first-order valence-electron chi connectivity index (χ1n) is 15.1. The van der Waals surface area contributed by atoms with E-state index >= 15 is 0 Å². The van der Waals surface area contributed by atoms with E-state index in [-0.39, 0.29) is 0 Å². The Kier molecular flexibility index (Phi) is 6.03. The summed E-state index contributed by atoms with van der Waals surface area (Å²) < 4.78 is 0. The average molecular weight is 589 g/mol. The van der Waals surface area contributed by atoms with Crippen LogP contribution >= 0.6 is 0 Å². The Balaban J connectivity index is 1.25. The van der Waals surface area contributed by atoms with Gasteiger partial charge in [0.25, 0.3) is 0 Å². The number of rotatable bonds is 4. The van der Waals surface area contributed by atoms with Crippen LogP contribution in [0.15, 0.2) is 146 Å². The van der Waals surface area contributed by atoms with Crippen LogP contribution in [0.4, 0.5) is 0 Å². The highest BCUT2D eigenvalue weighted by molar-refractivity contribution is 6.10. The molecule has 0 aliphatic rings. The first-order valence-corrected chi connectivity index (χ1v) is 15.1. The molecule has 0 saturated heterocycles. The van der Waals surface area contributed by atoms with Gasteiger partial charge in [-0.05, 0) is 70.8 Å². The lowest BCUT2D eigenvalue weighted by Gasteiger charge is -2.14. The summed E-state index contributed by atoms with van der Waals surface area (Å²) in [5.41, 5.74) is 11.1. The predicted octanol–water partition coefficient (Wildman–Crippen LogP) is 9.34. The number of aromatic nitrogens is 6. The van der Waals surface area contributed by atoms with Gasteiger partial charge in [0.2, 0.25) is 0 Å². The van der Waals surface area contributed by atoms with Crippen molar-refractivity contribution in [1.29, 1.82) is 0 Å². The van der Waals surface area contributed by atoms with Crippen LogP contribution in [0, 0.1) is 0 Å². The molecule has 0 N–H and O–H groups in total. The highest BCUT2D eigenvalue weighted by Crippen LogP contribution is 2.38. The van der Waals surface area contributed by atoms with Crippen molar-refractivity contribution < 1.29 is 0 Å². The topological polar surface area (TPSA) is 77.3 Å². The first-order chi connectivity index (χ1) is 22.8. The smallest absolute Gasteiger partial charge is 0.0979 e. The van der Waals surface area contributed by atoms with Gasteiger partial charge < -0.3 is 0 Å². The summed E-state index contributed by atoms with van der Waals surface area (Å²) in [5, 5.41) is 4.19. The van der Waals surface area contributed by atoms with Gasteiger partial charge in [0.1, 0.15) is 0 Å². The van der Waals surface area contributed by atoms with E-state index < -0.39 is 0 Å². The second-order valence-corrected chi connectivity index (χ2v) is 11.2. The molecular formula is C40H24N6. The molecule has 214 valence electrons. The maximum Gasteiger partial charge on any atom is 0.0979 e. The van der Waals surface area contributed by atoms with E-state index in [2.05, 4.69) is 82.8 Å². The zero-order valence-electron chi connectivity index (χ0n) is 24.5. The van der Waals surface area contributed by atoms with Crippen molar-refractivity contribution in [3.05, 3.63) is 146 Å². The third-order valence-electron chi connectivity index (χ3n) is 8.46. The molecule has 6 heteroatoms. The van der Waals surface area contributed by atoms with Gasteiger partial charge in [0.15, 0.2) is 0 Å². The Hall–Kier alpha value is -6.40. The monoisotopic (exact) mass is 588 g/mol. The zero-order chi connectivity index (χ0) is 30.5. The third-order valence-corrected chi connectivity index (χ3v) is 8.46. The molecule has 0 aliphatic heterocycles. The van der Waals surface area contributed by atoms with Gasteiger partial charge in [0.05, 0.1) is 44.8 Å². The fraction of sp³-hybridized carbons (Fsp3) is 0. The molecule has 46 heavy (non-hydrogen) atoms. The maximum atomic E-state index is 5.08. The Morgan fingerprint density at radius 3 is 1.22 bits per heavy atom. The summed E-state index contributed by atoms with van der Waals surface area (Å²) >= 11 is 0. The van der Waals surface area contributed by atoms with Crippen LogP contribution in [-0.4, -0.2) is 29.9 Å². The lowest BCUT2D eigenvalue weighted by molar-refractivity contribution is 1.27.